The summed E-state index contributed by atoms with van der Waals surface area (Å²) in [5, 5.41) is 2.69. The van der Waals surface area contributed by atoms with Gasteiger partial charge in [0.05, 0.1) is 11.5 Å². The highest BCUT2D eigenvalue weighted by Gasteiger charge is 2.12. The van der Waals surface area contributed by atoms with Gasteiger partial charge in [-0.25, -0.2) is 8.42 Å². The smallest absolute Gasteiger partial charge is 0.250 e. The number of hydrogen-bond acceptors (Lipinski definition) is 4. The number of sulfone groups is 1. The molecule has 0 saturated heterocycles. The van der Waals surface area contributed by atoms with Crippen LogP contribution in [0.5, 0.6) is 0 Å². The predicted molar refractivity (Wildman–Crippen MR) is 96.9 cm³/mol. The van der Waals surface area contributed by atoms with Gasteiger partial charge in [0.2, 0.25) is 5.91 Å². The minimum Gasteiger partial charge on any atom is -0.356 e. The van der Waals surface area contributed by atoms with E-state index >= 15 is 0 Å². The standard InChI is InChI=1S/C18H22N2O4S/c21-17(10-13-20-12-5-4-9-18(20)22)19-11-6-14-25(23,24)15-16-7-2-1-3-8-16/h1-5,7-9,12H,6,10-11,13-15H2,(H,19,21). The molecule has 1 aromatic carbocycles. The number of hydrogen-bond donors (Lipinski definition) is 1. The van der Waals surface area contributed by atoms with E-state index in [0.29, 0.717) is 19.5 Å². The lowest BCUT2D eigenvalue weighted by molar-refractivity contribution is -0.121. The van der Waals surface area contributed by atoms with Gasteiger partial charge in [-0.15, -0.1) is 0 Å². The van der Waals surface area contributed by atoms with Crippen LogP contribution in [0.3, 0.4) is 0 Å². The predicted octanol–water partition coefficient (Wildman–Crippen LogP) is 1.36. The van der Waals surface area contributed by atoms with E-state index in [4.69, 9.17) is 0 Å². The first-order valence-electron chi connectivity index (χ1n) is 8.13. The van der Waals surface area contributed by atoms with Crippen LogP contribution in [0.25, 0.3) is 0 Å². The first kappa shape index (κ1) is 18.9. The van der Waals surface area contributed by atoms with Crippen LogP contribution in [0, 0.1) is 0 Å². The Bertz CT molecular complexity index is 845. The van der Waals surface area contributed by atoms with Crippen molar-refractivity contribution in [2.24, 2.45) is 0 Å². The molecule has 1 amide bonds. The van der Waals surface area contributed by atoms with E-state index in [1.165, 1.54) is 10.6 Å². The topological polar surface area (TPSA) is 85.2 Å². The fourth-order valence-electron chi connectivity index (χ4n) is 2.38. The second-order valence-corrected chi connectivity index (χ2v) is 7.95. The van der Waals surface area contributed by atoms with E-state index < -0.39 is 9.84 Å². The Hall–Kier alpha value is -2.41. The van der Waals surface area contributed by atoms with Crippen molar-refractivity contribution in [1.82, 2.24) is 9.88 Å². The first-order valence-corrected chi connectivity index (χ1v) is 9.95. The molecule has 134 valence electrons. The molecule has 2 rings (SSSR count). The number of pyridine rings is 1. The molecule has 2 aromatic rings. The average Bonchev–Trinajstić information content (AvgIpc) is 2.58. The van der Waals surface area contributed by atoms with Crippen LogP contribution in [0.15, 0.2) is 59.5 Å². The van der Waals surface area contributed by atoms with Crippen LogP contribution in [-0.2, 0) is 26.9 Å². The van der Waals surface area contributed by atoms with Gasteiger partial charge in [0.1, 0.15) is 0 Å². The number of aryl methyl sites for hydroxylation is 1. The van der Waals surface area contributed by atoms with Crippen molar-refractivity contribution in [2.45, 2.75) is 25.1 Å². The normalized spacial score (nSPS) is 11.2. The Balaban J connectivity index is 1.67. The quantitative estimate of drug-likeness (QED) is 0.683. The fraction of sp³-hybridized carbons (Fsp3) is 0.333. The molecule has 6 nitrogen and oxygen atoms in total. The van der Waals surface area contributed by atoms with E-state index in [9.17, 15) is 18.0 Å². The molecule has 1 N–H and O–H groups in total. The fourth-order valence-corrected chi connectivity index (χ4v) is 3.80. The number of nitrogens with one attached hydrogen (secondary N) is 1. The van der Waals surface area contributed by atoms with Crippen LogP contribution in [-0.4, -0.2) is 31.2 Å². The minimum absolute atomic E-state index is 0.0126. The van der Waals surface area contributed by atoms with Crippen molar-refractivity contribution < 1.29 is 13.2 Å². The number of nitrogens with zero attached hydrogens (tertiary/aromatic N) is 1. The summed E-state index contributed by atoms with van der Waals surface area (Å²) in [6.07, 6.45) is 2.18. The third-order valence-corrected chi connectivity index (χ3v) is 5.35. The highest BCUT2D eigenvalue weighted by Crippen LogP contribution is 2.06. The van der Waals surface area contributed by atoms with E-state index in [-0.39, 0.29) is 29.4 Å². The lowest BCUT2D eigenvalue weighted by Gasteiger charge is -2.08. The summed E-state index contributed by atoms with van der Waals surface area (Å²) in [7, 11) is -3.19. The monoisotopic (exact) mass is 362 g/mol. The van der Waals surface area contributed by atoms with Crippen molar-refractivity contribution in [3.63, 3.8) is 0 Å². The Kier molecular flexibility index (Phi) is 6.94. The maximum Gasteiger partial charge on any atom is 0.250 e. The van der Waals surface area contributed by atoms with Gasteiger partial charge in [0.25, 0.3) is 5.56 Å². The van der Waals surface area contributed by atoms with Gasteiger partial charge in [-0.05, 0) is 18.1 Å². The van der Waals surface area contributed by atoms with E-state index in [2.05, 4.69) is 5.32 Å². The van der Waals surface area contributed by atoms with E-state index in [0.717, 1.165) is 5.56 Å². The average molecular weight is 362 g/mol. The summed E-state index contributed by atoms with van der Waals surface area (Å²) in [5.41, 5.74) is 0.613. The number of rotatable bonds is 9. The van der Waals surface area contributed by atoms with Gasteiger partial charge in [-0.1, -0.05) is 36.4 Å². The number of aromatic nitrogens is 1. The molecule has 0 atom stereocenters. The summed E-state index contributed by atoms with van der Waals surface area (Å²) in [5.74, 6) is -0.157. The van der Waals surface area contributed by atoms with E-state index in [1.807, 2.05) is 18.2 Å². The summed E-state index contributed by atoms with van der Waals surface area (Å²) in [6.45, 7) is 0.606. The van der Waals surface area contributed by atoms with Crippen molar-refractivity contribution in [1.29, 1.82) is 0 Å². The van der Waals surface area contributed by atoms with Crippen LogP contribution in [0.4, 0.5) is 0 Å². The molecule has 1 aromatic heterocycles. The van der Waals surface area contributed by atoms with Crippen molar-refractivity contribution in [3.8, 4) is 0 Å². The SMILES string of the molecule is O=C(CCn1ccccc1=O)NCCCS(=O)(=O)Cc1ccccc1. The van der Waals surface area contributed by atoms with Crippen molar-refractivity contribution in [3.05, 3.63) is 70.6 Å². The second kappa shape index (κ2) is 9.17. The molecule has 0 radical (unpaired) electrons. The third-order valence-electron chi connectivity index (χ3n) is 3.66. The van der Waals surface area contributed by atoms with Gasteiger partial charge in [0, 0.05) is 31.8 Å². The molecule has 0 bridgehead atoms. The van der Waals surface area contributed by atoms with Gasteiger partial charge in [-0.3, -0.25) is 9.59 Å². The van der Waals surface area contributed by atoms with Gasteiger partial charge >= 0.3 is 0 Å². The third kappa shape index (κ3) is 6.93. The van der Waals surface area contributed by atoms with Crippen LogP contribution in [0.2, 0.25) is 0 Å². The van der Waals surface area contributed by atoms with Crippen LogP contribution < -0.4 is 10.9 Å². The van der Waals surface area contributed by atoms with Gasteiger partial charge in [-0.2, -0.15) is 0 Å². The van der Waals surface area contributed by atoms with E-state index in [1.54, 1.807) is 30.5 Å². The van der Waals surface area contributed by atoms with Crippen molar-refractivity contribution in [2.75, 3.05) is 12.3 Å². The summed E-state index contributed by atoms with van der Waals surface area (Å²) >= 11 is 0. The zero-order valence-electron chi connectivity index (χ0n) is 13.9. The zero-order valence-corrected chi connectivity index (χ0v) is 14.7. The second-order valence-electron chi connectivity index (χ2n) is 5.76. The summed E-state index contributed by atoms with van der Waals surface area (Å²) in [4.78, 5) is 23.3. The zero-order chi connectivity index (χ0) is 18.1. The molecule has 25 heavy (non-hydrogen) atoms. The Morgan fingerprint density at radius 2 is 1.76 bits per heavy atom. The molecule has 0 aliphatic heterocycles. The molecular formula is C18H22N2O4S. The highest BCUT2D eigenvalue weighted by atomic mass is 32.2. The molecule has 1 heterocycles. The maximum atomic E-state index is 12.0. The maximum absolute atomic E-state index is 12.0. The Morgan fingerprint density at radius 3 is 2.48 bits per heavy atom. The van der Waals surface area contributed by atoms with Crippen LogP contribution in [0.1, 0.15) is 18.4 Å². The first-order chi connectivity index (χ1) is 12.0. The minimum atomic E-state index is -3.19. The highest BCUT2D eigenvalue weighted by molar-refractivity contribution is 7.90. The summed E-state index contributed by atoms with van der Waals surface area (Å²) < 4.78 is 25.5. The largest absolute Gasteiger partial charge is 0.356 e. The number of amides is 1. The molecular weight excluding hydrogens is 340 g/mol. The lowest BCUT2D eigenvalue weighted by atomic mass is 10.2. The summed E-state index contributed by atoms with van der Waals surface area (Å²) in [6, 6.07) is 13.8. The molecule has 0 fully saturated rings. The number of benzene rings is 1. The lowest BCUT2D eigenvalue weighted by Crippen LogP contribution is -2.28. The van der Waals surface area contributed by atoms with Gasteiger partial charge in [0.15, 0.2) is 9.84 Å². The molecule has 0 aliphatic carbocycles. The Morgan fingerprint density at radius 1 is 1.04 bits per heavy atom. The van der Waals surface area contributed by atoms with Crippen molar-refractivity contribution >= 4 is 15.7 Å². The van der Waals surface area contributed by atoms with Gasteiger partial charge < -0.3 is 9.88 Å². The molecule has 0 aliphatic rings. The van der Waals surface area contributed by atoms with Crippen LogP contribution >= 0.6 is 0 Å². The number of carbonyl (C=O) groups is 1. The molecule has 0 saturated carbocycles. The Labute approximate surface area is 147 Å². The number of carbonyl (C=O) groups excluding carboxylic acids is 1. The molecule has 7 heteroatoms. The molecule has 0 unspecified atom stereocenters. The molecule has 0 spiro atoms.